The molecular weight excluding hydrogens is 638 g/mol. The Morgan fingerprint density at radius 3 is 2.62 bits per heavy atom. The zero-order valence-electron chi connectivity index (χ0n) is 19.0. The number of hydrogen-bond acceptors (Lipinski definition) is 6. The molecule has 0 saturated carbocycles. The minimum atomic E-state index is -4.68. The molecule has 1 atom stereocenters. The van der Waals surface area contributed by atoms with Crippen molar-refractivity contribution in [3.8, 4) is 5.75 Å². The van der Waals surface area contributed by atoms with E-state index in [9.17, 15) is 21.6 Å². The van der Waals surface area contributed by atoms with Gasteiger partial charge in [-0.1, -0.05) is 41.0 Å². The Hall–Kier alpha value is -1.70. The third-order valence-electron chi connectivity index (χ3n) is 5.44. The molecule has 1 saturated heterocycles. The summed E-state index contributed by atoms with van der Waals surface area (Å²) in [6.45, 7) is 2.66. The van der Waals surface area contributed by atoms with Crippen LogP contribution in [0.5, 0.6) is 5.75 Å². The van der Waals surface area contributed by atoms with Crippen LogP contribution in [0.2, 0.25) is 10.0 Å². The molecule has 0 spiro atoms. The number of nitrogens with one attached hydrogen (secondary N) is 2. The highest BCUT2D eigenvalue weighted by atomic mass is 79.9. The van der Waals surface area contributed by atoms with Crippen LogP contribution >= 0.6 is 50.9 Å². The summed E-state index contributed by atoms with van der Waals surface area (Å²) >= 11 is 16.8. The fraction of sp³-hybridized carbons (Fsp3) is 0.261. The van der Waals surface area contributed by atoms with Crippen molar-refractivity contribution < 1.29 is 26.3 Å². The number of rotatable bonds is 7. The lowest BCUT2D eigenvalue weighted by molar-refractivity contribution is -0.139. The lowest BCUT2D eigenvalue weighted by atomic mass is 10.1. The van der Waals surface area contributed by atoms with E-state index in [1.807, 2.05) is 0 Å². The van der Waals surface area contributed by atoms with Crippen molar-refractivity contribution in [1.29, 1.82) is 0 Å². The molecule has 2 N–H and O–H groups in total. The van der Waals surface area contributed by atoms with E-state index in [4.69, 9.17) is 27.9 Å². The van der Waals surface area contributed by atoms with Gasteiger partial charge in [0.25, 0.3) is 10.0 Å². The smallest absolute Gasteiger partial charge is 0.419 e. The van der Waals surface area contributed by atoms with E-state index in [1.165, 1.54) is 17.8 Å². The van der Waals surface area contributed by atoms with Crippen LogP contribution in [0.25, 0.3) is 0 Å². The Morgan fingerprint density at radius 1 is 1.22 bits per heavy atom. The van der Waals surface area contributed by atoms with Crippen LogP contribution in [0.3, 0.4) is 0 Å². The van der Waals surface area contributed by atoms with Crippen molar-refractivity contribution in [3.63, 3.8) is 0 Å². The molecule has 3 aromatic rings. The van der Waals surface area contributed by atoms with Crippen LogP contribution < -0.4 is 14.8 Å². The largest absolute Gasteiger partial charge is 0.485 e. The highest BCUT2D eigenvalue weighted by Gasteiger charge is 2.38. The first kappa shape index (κ1) is 28.3. The Balaban J connectivity index is 1.59. The van der Waals surface area contributed by atoms with Gasteiger partial charge >= 0.3 is 6.18 Å². The quantitative estimate of drug-likeness (QED) is 0.279. The molecule has 4 rings (SSSR count). The molecule has 0 bridgehead atoms. The van der Waals surface area contributed by atoms with Crippen molar-refractivity contribution in [2.45, 2.75) is 39.9 Å². The molecule has 0 amide bonds. The first-order valence-electron chi connectivity index (χ1n) is 10.7. The van der Waals surface area contributed by atoms with Crippen molar-refractivity contribution >= 4 is 66.6 Å². The Morgan fingerprint density at radius 2 is 1.97 bits per heavy atom. The number of anilines is 1. The van der Waals surface area contributed by atoms with Crippen LogP contribution in [0.4, 0.5) is 18.9 Å². The summed E-state index contributed by atoms with van der Waals surface area (Å²) < 4.78 is 75.3. The minimum absolute atomic E-state index is 0.0853. The summed E-state index contributed by atoms with van der Waals surface area (Å²) in [4.78, 5) is 4.63. The van der Waals surface area contributed by atoms with Crippen LogP contribution in [-0.2, 0) is 16.2 Å². The van der Waals surface area contributed by atoms with E-state index in [-0.39, 0.29) is 10.6 Å². The van der Waals surface area contributed by atoms with Crippen molar-refractivity contribution in [1.82, 2.24) is 10.3 Å². The van der Waals surface area contributed by atoms with Crippen molar-refractivity contribution in [2.75, 3.05) is 17.8 Å². The standard InChI is InChI=1S/C23H19BrCl2F3N3O3S2/c1-22(7-8-30-12-22)35-18-9-13(5-6-15(18)23(27,28)29)32-37(33,34)14-10-16(24)21(31-11-14)36-19-4-2-3-17(25)20(19)26/h2-6,9-11,30,32H,7-8,12H2,1H3/t22-/m1/s1. The van der Waals surface area contributed by atoms with Gasteiger partial charge in [-0.2, -0.15) is 13.2 Å². The van der Waals surface area contributed by atoms with Crippen LogP contribution in [0.15, 0.2) is 68.0 Å². The van der Waals surface area contributed by atoms with Gasteiger partial charge in [0, 0.05) is 30.1 Å². The number of sulfonamides is 1. The highest BCUT2D eigenvalue weighted by molar-refractivity contribution is 9.10. The fourth-order valence-corrected chi connectivity index (χ4v) is 6.61. The van der Waals surface area contributed by atoms with E-state index < -0.39 is 33.1 Å². The molecule has 37 heavy (non-hydrogen) atoms. The molecule has 0 radical (unpaired) electrons. The zero-order chi connectivity index (χ0) is 27.0. The topological polar surface area (TPSA) is 80.3 Å². The lowest BCUT2D eigenvalue weighted by Crippen LogP contribution is -2.35. The van der Waals surface area contributed by atoms with Crippen LogP contribution in [0, 0.1) is 0 Å². The Kier molecular flexibility index (Phi) is 8.28. The number of ether oxygens (including phenoxy) is 1. The van der Waals surface area contributed by atoms with Crippen molar-refractivity contribution in [2.24, 2.45) is 0 Å². The molecule has 2 heterocycles. The van der Waals surface area contributed by atoms with Gasteiger partial charge in [-0.05, 0) is 59.7 Å². The fourth-order valence-electron chi connectivity index (χ4n) is 3.56. The molecule has 198 valence electrons. The average molecular weight is 657 g/mol. The predicted molar refractivity (Wildman–Crippen MR) is 141 cm³/mol. The number of benzene rings is 2. The molecule has 0 unspecified atom stereocenters. The van der Waals surface area contributed by atoms with Gasteiger partial charge in [0.05, 0.1) is 25.8 Å². The van der Waals surface area contributed by atoms with Crippen LogP contribution in [-0.4, -0.2) is 32.1 Å². The monoisotopic (exact) mass is 655 g/mol. The number of halogens is 6. The first-order valence-corrected chi connectivity index (χ1v) is 14.5. The number of nitrogens with zero attached hydrogens (tertiary/aromatic N) is 1. The molecule has 1 aliphatic heterocycles. The molecular formula is C23H19BrCl2F3N3O3S2. The number of aromatic nitrogens is 1. The lowest BCUT2D eigenvalue weighted by Gasteiger charge is -2.27. The minimum Gasteiger partial charge on any atom is -0.485 e. The van der Waals surface area contributed by atoms with Gasteiger partial charge in [0.15, 0.2) is 0 Å². The van der Waals surface area contributed by atoms with Gasteiger partial charge in [-0.15, -0.1) is 0 Å². The second kappa shape index (κ2) is 10.8. The molecule has 1 fully saturated rings. The Labute approximate surface area is 234 Å². The molecule has 1 aromatic heterocycles. The molecule has 14 heteroatoms. The molecule has 2 aromatic carbocycles. The van der Waals surface area contributed by atoms with Gasteiger partial charge in [-0.3, -0.25) is 4.72 Å². The third kappa shape index (κ3) is 6.66. The molecule has 6 nitrogen and oxygen atoms in total. The maximum atomic E-state index is 13.6. The zero-order valence-corrected chi connectivity index (χ0v) is 23.7. The molecule has 1 aliphatic rings. The third-order valence-corrected chi connectivity index (χ3v) is 9.67. The van der Waals surface area contributed by atoms with E-state index in [0.717, 1.165) is 24.4 Å². The summed E-state index contributed by atoms with van der Waals surface area (Å²) in [7, 11) is -4.20. The predicted octanol–water partition coefficient (Wildman–Crippen LogP) is 7.25. The van der Waals surface area contributed by atoms with Gasteiger partial charge in [-0.25, -0.2) is 13.4 Å². The van der Waals surface area contributed by atoms with Crippen molar-refractivity contribution in [3.05, 3.63) is 68.7 Å². The second-order valence-electron chi connectivity index (χ2n) is 8.40. The maximum absolute atomic E-state index is 13.6. The maximum Gasteiger partial charge on any atom is 0.419 e. The molecule has 0 aliphatic carbocycles. The summed E-state index contributed by atoms with van der Waals surface area (Å²) in [6.07, 6.45) is -3.03. The van der Waals surface area contributed by atoms with Gasteiger partial charge < -0.3 is 10.1 Å². The number of alkyl halides is 3. The number of pyridine rings is 1. The van der Waals surface area contributed by atoms with E-state index in [2.05, 4.69) is 31.0 Å². The van der Waals surface area contributed by atoms with Gasteiger partial charge in [0.1, 0.15) is 21.3 Å². The first-order chi connectivity index (χ1) is 17.3. The second-order valence-corrected chi connectivity index (χ2v) is 12.8. The average Bonchev–Trinajstić information content (AvgIpc) is 3.23. The van der Waals surface area contributed by atoms with E-state index >= 15 is 0 Å². The van der Waals surface area contributed by atoms with E-state index in [0.29, 0.717) is 43.9 Å². The summed E-state index contributed by atoms with van der Waals surface area (Å²) in [5.74, 6) is -0.455. The normalized spacial score (nSPS) is 18.1. The number of hydrogen-bond donors (Lipinski definition) is 2. The van der Waals surface area contributed by atoms with Crippen LogP contribution in [0.1, 0.15) is 18.9 Å². The summed E-state index contributed by atoms with van der Waals surface area (Å²) in [6, 6.07) is 9.31. The van der Waals surface area contributed by atoms with E-state index in [1.54, 1.807) is 25.1 Å². The summed E-state index contributed by atoms with van der Waals surface area (Å²) in [5.41, 5.74) is -1.93. The SMILES string of the molecule is C[C@@]1(Oc2cc(NS(=O)(=O)c3cnc(Sc4cccc(Cl)c4Cl)c(Br)c3)ccc2C(F)(F)F)CCNC1. The van der Waals surface area contributed by atoms with Gasteiger partial charge in [0.2, 0.25) is 0 Å². The Bertz CT molecular complexity index is 1440. The summed E-state index contributed by atoms with van der Waals surface area (Å²) in [5, 5.41) is 4.19. The highest BCUT2D eigenvalue weighted by Crippen LogP contribution is 2.41.